The monoisotopic (exact) mass is 315 g/mol. The zero-order valence-corrected chi connectivity index (χ0v) is 12.2. The average Bonchev–Trinajstić information content (AvgIpc) is 2.81. The summed E-state index contributed by atoms with van der Waals surface area (Å²) in [6.07, 6.45) is 10.5. The van der Waals surface area contributed by atoms with Crippen molar-refractivity contribution in [2.45, 2.75) is 19.3 Å². The summed E-state index contributed by atoms with van der Waals surface area (Å²) >= 11 is -0.826. The van der Waals surface area contributed by atoms with E-state index in [1.54, 1.807) is 11.1 Å². The fourth-order valence-electron chi connectivity index (χ4n) is 2.21. The van der Waals surface area contributed by atoms with Crippen molar-refractivity contribution in [2.24, 2.45) is 0 Å². The van der Waals surface area contributed by atoms with E-state index in [4.69, 9.17) is 17.0 Å². The quantitative estimate of drug-likeness (QED) is 0.675. The summed E-state index contributed by atoms with van der Waals surface area (Å²) in [6.45, 7) is 0. The molecule has 15 heavy (non-hydrogen) atoms. The molecule has 0 atom stereocenters. The second-order valence-electron chi connectivity index (χ2n) is 3.70. The molecule has 77 valence electrons. The van der Waals surface area contributed by atoms with E-state index in [1.165, 1.54) is 30.4 Å². The molecule has 0 heterocycles. The summed E-state index contributed by atoms with van der Waals surface area (Å²) < 4.78 is 0. The summed E-state index contributed by atoms with van der Waals surface area (Å²) in [5, 5.41) is 0. The Morgan fingerprint density at radius 1 is 1.00 bits per heavy atom. The zero-order chi connectivity index (χ0) is 10.7. The van der Waals surface area contributed by atoms with Crippen LogP contribution in [0.1, 0.15) is 28.7 Å². The number of hydrogen-bond donors (Lipinski definition) is 0. The molecule has 1 aromatic rings. The van der Waals surface area contributed by atoms with Gasteiger partial charge in [-0.05, 0) is 41.5 Å². The van der Waals surface area contributed by atoms with E-state index in [-0.39, 0.29) is 0 Å². The molecule has 3 rings (SSSR count). The second kappa shape index (κ2) is 5.66. The Balaban J connectivity index is 0.000000258. The number of aryl methyl sites for hydroxylation is 2. The predicted octanol–water partition coefficient (Wildman–Crippen LogP) is 4.13. The summed E-state index contributed by atoms with van der Waals surface area (Å²) in [6, 6.07) is 4.72. The molecule has 2 aliphatic rings. The van der Waals surface area contributed by atoms with E-state index in [9.17, 15) is 0 Å². The van der Waals surface area contributed by atoms with Crippen molar-refractivity contribution in [2.75, 3.05) is 0 Å². The first-order valence-corrected chi connectivity index (χ1v) is 11.3. The molecule has 0 aliphatic heterocycles. The Morgan fingerprint density at radius 3 is 2.27 bits per heavy atom. The van der Waals surface area contributed by atoms with E-state index in [1.807, 2.05) is 0 Å². The van der Waals surface area contributed by atoms with Crippen LogP contribution >= 0.6 is 17.0 Å². The molecule has 0 nitrogen and oxygen atoms in total. The summed E-state index contributed by atoms with van der Waals surface area (Å²) in [5.41, 5.74) is 5.98. The minimum atomic E-state index is -0.826. The molecule has 3 heteroatoms. The fraction of sp³-hybridized carbons (Fsp3) is 0.250. The van der Waals surface area contributed by atoms with Crippen molar-refractivity contribution in [3.63, 3.8) is 0 Å². The van der Waals surface area contributed by atoms with Crippen LogP contribution in [0.2, 0.25) is 0 Å². The standard InChI is InChI=1S/C12H11.2ClH.Zr/c1-3-9-7-11-5-2-6-12(11)8-10(9)4-1;;;/h1,3-4,7-8H,2,5-6H2;2*1H;/q;;;+2/p-2. The Hall–Kier alpha value is 0.423. The topological polar surface area (TPSA) is 0 Å². The molecule has 0 bridgehead atoms. The van der Waals surface area contributed by atoms with Crippen molar-refractivity contribution in [3.8, 4) is 0 Å². The van der Waals surface area contributed by atoms with Crippen molar-refractivity contribution in [3.05, 3.63) is 46.9 Å². The van der Waals surface area contributed by atoms with Crippen LogP contribution < -0.4 is 0 Å². The Kier molecular flexibility index (Phi) is 4.49. The minimum absolute atomic E-state index is 0.826. The van der Waals surface area contributed by atoms with E-state index >= 15 is 0 Å². The number of rotatable bonds is 0. The molecule has 0 unspecified atom stereocenters. The van der Waals surface area contributed by atoms with Crippen molar-refractivity contribution in [1.29, 1.82) is 0 Å². The predicted molar refractivity (Wildman–Crippen MR) is 62.6 cm³/mol. The van der Waals surface area contributed by atoms with Crippen LogP contribution in [0.25, 0.3) is 6.08 Å². The third kappa shape index (κ3) is 2.76. The number of fused-ring (bicyclic) bond motifs is 2. The van der Waals surface area contributed by atoms with Gasteiger partial charge in [-0.15, -0.1) is 0 Å². The van der Waals surface area contributed by atoms with Gasteiger partial charge in [0.15, 0.2) is 0 Å². The van der Waals surface area contributed by atoms with Crippen LogP contribution in [0.3, 0.4) is 0 Å². The van der Waals surface area contributed by atoms with Crippen molar-refractivity contribution in [1.82, 2.24) is 0 Å². The summed E-state index contributed by atoms with van der Waals surface area (Å²) in [4.78, 5) is 0. The van der Waals surface area contributed by atoms with Crippen LogP contribution in [0.4, 0.5) is 0 Å². The maximum absolute atomic E-state index is 4.93. The Bertz CT molecular complexity index is 385. The normalized spacial score (nSPS) is 15.3. The van der Waals surface area contributed by atoms with E-state index in [0.717, 1.165) is 0 Å². The van der Waals surface area contributed by atoms with Crippen molar-refractivity contribution < 1.29 is 20.8 Å². The Morgan fingerprint density at radius 2 is 1.60 bits per heavy atom. The molecule has 0 aromatic heterocycles. The number of halogens is 2. The third-order valence-corrected chi connectivity index (χ3v) is 2.85. The molecule has 0 saturated heterocycles. The summed E-state index contributed by atoms with van der Waals surface area (Å²) in [5.74, 6) is 0. The fourth-order valence-corrected chi connectivity index (χ4v) is 2.21. The Labute approximate surface area is 109 Å². The van der Waals surface area contributed by atoms with Crippen LogP contribution in [-0.2, 0) is 33.7 Å². The van der Waals surface area contributed by atoms with Crippen LogP contribution in [0.15, 0.2) is 18.2 Å². The zero-order valence-electron chi connectivity index (χ0n) is 8.26. The first-order chi connectivity index (χ1) is 7.35. The number of allylic oxidation sites excluding steroid dienone is 1. The van der Waals surface area contributed by atoms with E-state index < -0.39 is 20.8 Å². The van der Waals surface area contributed by atoms with Gasteiger partial charge in [-0.1, -0.05) is 24.3 Å². The molecule has 0 N–H and O–H groups in total. The van der Waals surface area contributed by atoms with E-state index in [0.29, 0.717) is 0 Å². The molecule has 0 spiro atoms. The van der Waals surface area contributed by atoms with Gasteiger partial charge in [0.1, 0.15) is 0 Å². The van der Waals surface area contributed by atoms with Gasteiger partial charge in [-0.25, -0.2) is 0 Å². The first-order valence-electron chi connectivity index (χ1n) is 4.98. The molecular formula is C12H11Cl2Zr. The van der Waals surface area contributed by atoms with Gasteiger partial charge in [0, 0.05) is 6.42 Å². The summed E-state index contributed by atoms with van der Waals surface area (Å²) in [7, 11) is 9.87. The van der Waals surface area contributed by atoms with Gasteiger partial charge in [0.25, 0.3) is 0 Å². The maximum atomic E-state index is 4.93. The third-order valence-electron chi connectivity index (χ3n) is 2.85. The molecule has 1 aromatic carbocycles. The molecule has 0 saturated carbocycles. The van der Waals surface area contributed by atoms with Crippen molar-refractivity contribution >= 4 is 23.1 Å². The number of hydrogen-bond acceptors (Lipinski definition) is 0. The van der Waals surface area contributed by atoms with Gasteiger partial charge in [-0.2, -0.15) is 0 Å². The molecule has 0 fully saturated rings. The molecule has 2 aliphatic carbocycles. The van der Waals surface area contributed by atoms with Gasteiger partial charge < -0.3 is 0 Å². The van der Waals surface area contributed by atoms with Gasteiger partial charge in [0.2, 0.25) is 0 Å². The van der Waals surface area contributed by atoms with Crippen LogP contribution in [-0.4, -0.2) is 0 Å². The van der Waals surface area contributed by atoms with E-state index in [2.05, 4.69) is 30.7 Å². The number of benzene rings is 1. The molecular weight excluding hydrogens is 306 g/mol. The first kappa shape index (κ1) is 11.9. The van der Waals surface area contributed by atoms with Gasteiger partial charge in [0.05, 0.1) is 0 Å². The van der Waals surface area contributed by atoms with Gasteiger partial charge >= 0.3 is 37.9 Å². The second-order valence-corrected chi connectivity index (χ2v) is 7.43. The molecule has 0 amide bonds. The molecule has 1 radical (unpaired) electrons. The van der Waals surface area contributed by atoms with Gasteiger partial charge in [-0.3, -0.25) is 0 Å². The SMILES string of the molecule is [CH]1C=Cc2cc3c(cc21)CCC3.[Cl][Zr][Cl]. The van der Waals surface area contributed by atoms with Crippen LogP contribution in [0.5, 0.6) is 0 Å². The average molecular weight is 317 g/mol. The van der Waals surface area contributed by atoms with Crippen LogP contribution in [0, 0.1) is 6.42 Å².